The Morgan fingerprint density at radius 2 is 1.35 bits per heavy atom. The van der Waals surface area contributed by atoms with Crippen LogP contribution in [0.5, 0.6) is 0 Å². The molecular formula is C34H43N9O3. The fraction of sp³-hybridized carbons (Fsp3) is 0.529. The maximum Gasteiger partial charge on any atom is 0.323 e. The molecule has 1 aromatic heterocycles. The third-order valence-corrected chi connectivity index (χ3v) is 9.98. The SMILES string of the molecule is CC1COCCN1c1nc(-c2ccc(NC(=O)Nc3ccc(N4CCN(C5CC5)CC4)cc3)cc2)nc(N2C3CCC2COC3)n1. The first-order valence-electron chi connectivity index (χ1n) is 16.8. The molecular weight excluding hydrogens is 582 g/mol. The zero-order valence-electron chi connectivity index (χ0n) is 26.5. The number of morpholine rings is 2. The van der Waals surface area contributed by atoms with Crippen LogP contribution >= 0.6 is 0 Å². The average molecular weight is 626 g/mol. The molecule has 5 heterocycles. The Morgan fingerprint density at radius 1 is 0.717 bits per heavy atom. The van der Waals surface area contributed by atoms with Gasteiger partial charge in [0.25, 0.3) is 0 Å². The van der Waals surface area contributed by atoms with Crippen LogP contribution in [0.3, 0.4) is 0 Å². The molecule has 4 aliphatic heterocycles. The lowest BCUT2D eigenvalue weighted by Crippen LogP contribution is -2.48. The van der Waals surface area contributed by atoms with Crippen LogP contribution < -0.4 is 25.3 Å². The molecule has 2 bridgehead atoms. The third-order valence-electron chi connectivity index (χ3n) is 9.98. The topological polar surface area (TPSA) is 111 Å². The van der Waals surface area contributed by atoms with Crippen molar-refractivity contribution in [3.05, 3.63) is 48.5 Å². The molecule has 8 rings (SSSR count). The smallest absolute Gasteiger partial charge is 0.323 e. The number of hydrogen-bond donors (Lipinski definition) is 2. The summed E-state index contributed by atoms with van der Waals surface area (Å²) in [4.78, 5) is 37.3. The number of amides is 2. The Balaban J connectivity index is 0.938. The highest BCUT2D eigenvalue weighted by molar-refractivity contribution is 6.00. The number of aromatic nitrogens is 3. The standard InChI is InChI=1S/C34H43N9O3/c1-23-20-45-19-18-42(23)32-37-31(38-33(39-32)43-29-12-13-30(43)22-46-21-29)24-2-4-25(5-3-24)35-34(44)36-26-6-8-27(9-7-26)40-14-16-41(17-15-40)28-10-11-28/h2-9,23,28-30H,10-22H2,1H3,(H2,35,36,44). The maximum absolute atomic E-state index is 12.9. The van der Waals surface area contributed by atoms with Gasteiger partial charge in [-0.3, -0.25) is 4.90 Å². The van der Waals surface area contributed by atoms with Gasteiger partial charge in [0.15, 0.2) is 5.82 Å². The third kappa shape index (κ3) is 6.21. The number of fused-ring (bicyclic) bond motifs is 2. The van der Waals surface area contributed by atoms with Crippen molar-refractivity contribution in [1.29, 1.82) is 0 Å². The van der Waals surface area contributed by atoms with Crippen LogP contribution in [0.4, 0.5) is 33.8 Å². The van der Waals surface area contributed by atoms with Crippen molar-refractivity contribution < 1.29 is 14.3 Å². The number of ether oxygens (including phenoxy) is 2. The maximum atomic E-state index is 12.9. The number of nitrogens with zero attached hydrogens (tertiary/aromatic N) is 7. The van der Waals surface area contributed by atoms with E-state index in [9.17, 15) is 4.79 Å². The fourth-order valence-corrected chi connectivity index (χ4v) is 7.24. The van der Waals surface area contributed by atoms with Crippen molar-refractivity contribution in [2.45, 2.75) is 56.8 Å². The van der Waals surface area contributed by atoms with Gasteiger partial charge in [-0.05, 0) is 81.1 Å². The van der Waals surface area contributed by atoms with Gasteiger partial charge < -0.3 is 34.8 Å². The molecule has 1 saturated carbocycles. The monoisotopic (exact) mass is 625 g/mol. The molecule has 0 radical (unpaired) electrons. The van der Waals surface area contributed by atoms with Crippen molar-refractivity contribution in [3.8, 4) is 11.4 Å². The second-order valence-corrected chi connectivity index (χ2v) is 13.2. The number of hydrogen-bond acceptors (Lipinski definition) is 10. The fourth-order valence-electron chi connectivity index (χ4n) is 7.24. The molecule has 2 amide bonds. The van der Waals surface area contributed by atoms with Crippen molar-refractivity contribution in [2.75, 3.05) is 84.5 Å². The number of anilines is 5. The van der Waals surface area contributed by atoms with Crippen molar-refractivity contribution in [2.24, 2.45) is 0 Å². The number of benzene rings is 2. The van der Waals surface area contributed by atoms with Crippen LogP contribution in [0.15, 0.2) is 48.5 Å². The summed E-state index contributed by atoms with van der Waals surface area (Å²) in [6.45, 7) is 9.91. The lowest BCUT2D eigenvalue weighted by Gasteiger charge is -2.36. The Kier molecular flexibility index (Phi) is 8.09. The van der Waals surface area contributed by atoms with E-state index in [1.165, 1.54) is 18.5 Å². The van der Waals surface area contributed by atoms with Gasteiger partial charge in [0.05, 0.1) is 44.6 Å². The van der Waals surface area contributed by atoms with Gasteiger partial charge in [-0.25, -0.2) is 4.79 Å². The lowest BCUT2D eigenvalue weighted by atomic mass is 10.2. The van der Waals surface area contributed by atoms with E-state index in [1.807, 2.05) is 36.4 Å². The molecule has 5 fully saturated rings. The van der Waals surface area contributed by atoms with Crippen LogP contribution in [0.2, 0.25) is 0 Å². The Bertz CT molecular complexity index is 1510. The zero-order valence-corrected chi connectivity index (χ0v) is 26.5. The minimum absolute atomic E-state index is 0.169. The van der Waals surface area contributed by atoms with Gasteiger partial charge in [-0.2, -0.15) is 15.0 Å². The first-order chi connectivity index (χ1) is 22.6. The average Bonchev–Trinajstić information content (AvgIpc) is 3.90. The molecule has 3 atom stereocenters. The number of urea groups is 1. The van der Waals surface area contributed by atoms with E-state index in [0.29, 0.717) is 49.8 Å². The molecule has 3 unspecified atom stereocenters. The van der Waals surface area contributed by atoms with Gasteiger partial charge in [0.1, 0.15) is 0 Å². The highest BCUT2D eigenvalue weighted by atomic mass is 16.5. The highest BCUT2D eigenvalue weighted by Crippen LogP contribution is 2.34. The summed E-state index contributed by atoms with van der Waals surface area (Å²) >= 11 is 0. The first-order valence-corrected chi connectivity index (χ1v) is 16.8. The normalized spacial score (nSPS) is 25.1. The minimum atomic E-state index is -0.285. The first kappa shape index (κ1) is 29.4. The van der Waals surface area contributed by atoms with Crippen molar-refractivity contribution in [3.63, 3.8) is 0 Å². The predicted octanol–water partition coefficient (Wildman–Crippen LogP) is 4.06. The molecule has 0 spiro atoms. The van der Waals surface area contributed by atoms with E-state index in [0.717, 1.165) is 62.9 Å². The van der Waals surface area contributed by atoms with Crippen LogP contribution in [0.1, 0.15) is 32.6 Å². The number of nitrogens with one attached hydrogen (secondary N) is 2. The molecule has 2 N–H and O–H groups in total. The lowest BCUT2D eigenvalue weighted by molar-refractivity contribution is 0.0895. The molecule has 4 saturated heterocycles. The molecule has 1 aliphatic carbocycles. The quantitative estimate of drug-likeness (QED) is 0.399. The molecule has 46 heavy (non-hydrogen) atoms. The summed E-state index contributed by atoms with van der Waals surface area (Å²) in [6, 6.07) is 17.1. The summed E-state index contributed by atoms with van der Waals surface area (Å²) in [7, 11) is 0. The number of piperazine rings is 1. The van der Waals surface area contributed by atoms with Gasteiger partial charge in [0, 0.05) is 61.4 Å². The van der Waals surface area contributed by atoms with E-state index in [1.54, 1.807) is 0 Å². The molecule has 3 aromatic rings. The summed E-state index contributed by atoms with van der Waals surface area (Å²) in [6.07, 6.45) is 4.88. The predicted molar refractivity (Wildman–Crippen MR) is 179 cm³/mol. The van der Waals surface area contributed by atoms with E-state index in [4.69, 9.17) is 24.4 Å². The van der Waals surface area contributed by atoms with Crippen LogP contribution in [0, 0.1) is 0 Å². The van der Waals surface area contributed by atoms with Crippen LogP contribution in [-0.2, 0) is 9.47 Å². The summed E-state index contributed by atoms with van der Waals surface area (Å²) in [5.74, 6) is 2.01. The second-order valence-electron chi connectivity index (χ2n) is 13.2. The number of carbonyl (C=O) groups is 1. The number of carbonyl (C=O) groups excluding carboxylic acids is 1. The molecule has 12 nitrogen and oxygen atoms in total. The van der Waals surface area contributed by atoms with Crippen molar-refractivity contribution in [1.82, 2.24) is 19.9 Å². The van der Waals surface area contributed by atoms with E-state index in [2.05, 4.69) is 49.3 Å². The Hall–Kier alpha value is -4.00. The highest BCUT2D eigenvalue weighted by Gasteiger charge is 2.40. The summed E-state index contributed by atoms with van der Waals surface area (Å²) in [5, 5.41) is 5.92. The summed E-state index contributed by atoms with van der Waals surface area (Å²) in [5.41, 5.74) is 3.51. The summed E-state index contributed by atoms with van der Waals surface area (Å²) < 4.78 is 11.5. The van der Waals surface area contributed by atoms with E-state index >= 15 is 0 Å². The Morgan fingerprint density at radius 3 is 2.00 bits per heavy atom. The molecule has 12 heteroatoms. The molecule has 242 valence electrons. The largest absolute Gasteiger partial charge is 0.377 e. The van der Waals surface area contributed by atoms with Gasteiger partial charge in [0.2, 0.25) is 11.9 Å². The van der Waals surface area contributed by atoms with Crippen LogP contribution in [-0.4, -0.2) is 109 Å². The van der Waals surface area contributed by atoms with E-state index in [-0.39, 0.29) is 24.2 Å². The van der Waals surface area contributed by atoms with Crippen LogP contribution in [0.25, 0.3) is 11.4 Å². The second kappa shape index (κ2) is 12.7. The Labute approximate surface area is 270 Å². The zero-order chi connectivity index (χ0) is 31.0. The minimum Gasteiger partial charge on any atom is -0.377 e. The molecule has 5 aliphatic rings. The van der Waals surface area contributed by atoms with Gasteiger partial charge in [-0.15, -0.1) is 0 Å². The number of rotatable bonds is 7. The molecule has 2 aromatic carbocycles. The van der Waals surface area contributed by atoms with E-state index < -0.39 is 0 Å². The van der Waals surface area contributed by atoms with Gasteiger partial charge in [-0.1, -0.05) is 0 Å². The van der Waals surface area contributed by atoms with Gasteiger partial charge >= 0.3 is 6.03 Å². The van der Waals surface area contributed by atoms with Crippen molar-refractivity contribution >= 4 is 35.0 Å².